The molecule has 0 spiro atoms. The van der Waals surface area contributed by atoms with E-state index in [2.05, 4.69) is 95.0 Å². The Balaban J connectivity index is 1.31. The van der Waals surface area contributed by atoms with Crippen LogP contribution in [-0.4, -0.2) is 302 Å². The smallest absolute Gasteiger partial charge is 0.303 e. The first-order valence-corrected chi connectivity index (χ1v) is 50.6. The maximum absolute atomic E-state index is 15.6. The van der Waals surface area contributed by atoms with Crippen LogP contribution in [0.4, 0.5) is 0 Å². The number of fused-ring (bicyclic) bond motifs is 4. The van der Waals surface area contributed by atoms with Gasteiger partial charge in [0, 0.05) is 85.0 Å². The fraction of sp³-hybridized carbons (Fsp3) is 0.602. The summed E-state index contributed by atoms with van der Waals surface area (Å²) < 4.78 is 0. The maximum Gasteiger partial charge on any atom is 0.303 e. The predicted octanol–water partition coefficient (Wildman–Crippen LogP) is -4.00. The molecule has 0 unspecified atom stereocenters. The van der Waals surface area contributed by atoms with Crippen LogP contribution in [0.15, 0.2) is 60.9 Å². The Morgan fingerprint density at radius 1 is 0.465 bits per heavy atom. The predicted molar refractivity (Wildman–Crippen MR) is 526 cm³/mol. The van der Waals surface area contributed by atoms with Crippen LogP contribution in [0.5, 0.6) is 0 Å². The van der Waals surface area contributed by atoms with E-state index in [9.17, 15) is 77.0 Å². The molecule has 0 aliphatic carbocycles. The van der Waals surface area contributed by atoms with Crippen molar-refractivity contribution in [3.63, 3.8) is 0 Å². The second kappa shape index (κ2) is 57.8. The second-order valence-electron chi connectivity index (χ2n) is 36.8. The minimum Gasteiger partial charge on any atom is -0.481 e. The number of H-pyrrole nitrogens is 2. The normalized spacial score (nSPS) is 22.8. The third-order valence-electron chi connectivity index (χ3n) is 24.2. The molecule has 2 aromatic heterocycles. The Morgan fingerprint density at radius 2 is 0.923 bits per heavy atom. The average Bonchev–Trinajstić information content (AvgIpc) is 1.64. The zero-order chi connectivity index (χ0) is 105. The van der Waals surface area contributed by atoms with Crippen molar-refractivity contribution in [2.45, 2.75) is 293 Å². The number of aliphatic carboxylic acids is 1. The van der Waals surface area contributed by atoms with E-state index in [-0.39, 0.29) is 116 Å². The number of nitrogens with zero attached hydrogens (tertiary/aromatic N) is 2. The van der Waals surface area contributed by atoms with Gasteiger partial charge in [-0.2, -0.15) is 0 Å². The summed E-state index contributed by atoms with van der Waals surface area (Å²) in [4.78, 5) is 309. The summed E-state index contributed by atoms with van der Waals surface area (Å²) in [6, 6.07) is -11.8. The minimum atomic E-state index is -1.88. The van der Waals surface area contributed by atoms with Crippen molar-refractivity contribution in [1.29, 1.82) is 0 Å². The molecule has 3 fully saturated rings. The van der Waals surface area contributed by atoms with E-state index < -0.39 is 270 Å². The molecular formula is C93H141N25O22S2. The Kier molecular flexibility index (Phi) is 47.2. The van der Waals surface area contributed by atoms with Gasteiger partial charge in [-0.05, 0) is 185 Å². The van der Waals surface area contributed by atoms with Gasteiger partial charge < -0.3 is 139 Å². The van der Waals surface area contributed by atoms with Crippen LogP contribution >= 0.6 is 21.6 Å². The van der Waals surface area contributed by atoms with Gasteiger partial charge in [0.1, 0.15) is 103 Å². The first-order valence-electron chi connectivity index (χ1n) is 48.1. The molecule has 0 saturated carbocycles. The van der Waals surface area contributed by atoms with Crippen LogP contribution in [-0.2, 0) is 114 Å². The van der Waals surface area contributed by atoms with Crippen molar-refractivity contribution < 1.29 is 106 Å². The van der Waals surface area contributed by atoms with Crippen molar-refractivity contribution in [3.05, 3.63) is 72.1 Å². The molecule has 5 heterocycles. The van der Waals surface area contributed by atoms with Crippen molar-refractivity contribution in [3.8, 4) is 0 Å². The van der Waals surface area contributed by atoms with Crippen LogP contribution in [0.25, 0.3) is 21.8 Å². The lowest BCUT2D eigenvalue weighted by atomic mass is 10.00. The number of amides is 20. The first kappa shape index (κ1) is 116. The van der Waals surface area contributed by atoms with Gasteiger partial charge in [0.25, 0.3) is 0 Å². The molecule has 2 aromatic carbocycles. The molecular weight excluding hydrogens is 1880 g/mol. The summed E-state index contributed by atoms with van der Waals surface area (Å²) in [5.74, 6) is -21.9. The highest BCUT2D eigenvalue weighted by Crippen LogP contribution is 2.30. The fourth-order valence-corrected chi connectivity index (χ4v) is 18.8. The van der Waals surface area contributed by atoms with Gasteiger partial charge in [-0.1, -0.05) is 85.7 Å². The Morgan fingerprint density at radius 3 is 1.46 bits per heavy atom. The van der Waals surface area contributed by atoms with Crippen molar-refractivity contribution in [2.24, 2.45) is 40.5 Å². The summed E-state index contributed by atoms with van der Waals surface area (Å²) in [7, 11) is 1.70. The summed E-state index contributed by atoms with van der Waals surface area (Å²) in [5, 5.41) is 52.8. The molecule has 3 saturated heterocycles. The molecule has 3 aliphatic rings. The first-order chi connectivity index (χ1) is 67.4. The van der Waals surface area contributed by atoms with Crippen LogP contribution in [0.3, 0.4) is 0 Å². The highest BCUT2D eigenvalue weighted by Gasteiger charge is 2.46. The van der Waals surface area contributed by atoms with Gasteiger partial charge >= 0.3 is 5.97 Å². The number of carbonyl (C=O) groups excluding carboxylic acids is 20. The molecule has 49 heteroatoms. The Bertz CT molecular complexity index is 5110. The number of benzene rings is 2. The number of primary amides is 2. The lowest BCUT2D eigenvalue weighted by Crippen LogP contribution is -2.61. The molecule has 29 N–H and O–H groups in total. The summed E-state index contributed by atoms with van der Waals surface area (Å²) in [6.07, 6.45) is 2.65. The molecule has 47 nitrogen and oxygen atoms in total. The second-order valence-corrected chi connectivity index (χ2v) is 39.3. The molecule has 3 aliphatic heterocycles. The van der Waals surface area contributed by atoms with Crippen LogP contribution in [0.2, 0.25) is 0 Å². The van der Waals surface area contributed by atoms with Crippen molar-refractivity contribution in [1.82, 2.24) is 105 Å². The molecule has 142 heavy (non-hydrogen) atoms. The summed E-state index contributed by atoms with van der Waals surface area (Å²) in [6.45, 7) is 12.9. The number of aromatic amines is 2. The lowest BCUT2D eigenvalue weighted by Gasteiger charge is -2.33. The molecule has 782 valence electrons. The van der Waals surface area contributed by atoms with E-state index >= 15 is 28.8 Å². The maximum atomic E-state index is 15.6. The molecule has 7 rings (SSSR count). The van der Waals surface area contributed by atoms with Gasteiger partial charge in [-0.15, -0.1) is 0 Å². The quantitative estimate of drug-likeness (QED) is 0.0150. The number of rotatable bonds is 39. The number of hydrogen-bond acceptors (Lipinski definition) is 26. The average molecular weight is 2030 g/mol. The number of aromatic nitrogens is 2. The molecule has 17 atom stereocenters. The van der Waals surface area contributed by atoms with Crippen molar-refractivity contribution in [2.75, 3.05) is 50.8 Å². The third kappa shape index (κ3) is 36.5. The van der Waals surface area contributed by atoms with E-state index in [0.717, 1.165) is 21.6 Å². The number of carbonyl (C=O) groups is 21. The van der Waals surface area contributed by atoms with E-state index in [1.54, 1.807) is 88.6 Å². The number of nitrogens with two attached hydrogens (primary N) is 5. The van der Waals surface area contributed by atoms with E-state index in [4.69, 9.17) is 28.7 Å². The van der Waals surface area contributed by atoms with Gasteiger partial charge in [0.05, 0.1) is 13.0 Å². The fourth-order valence-electron chi connectivity index (χ4n) is 16.5. The van der Waals surface area contributed by atoms with Gasteiger partial charge in [0.15, 0.2) is 0 Å². The minimum absolute atomic E-state index is 0.00858. The number of nitrogens with one attached hydrogen (secondary N) is 18. The largest absolute Gasteiger partial charge is 0.481 e. The number of para-hydroxylation sites is 2. The Hall–Kier alpha value is -13.0. The Labute approximate surface area is 830 Å². The number of carboxylic acid groups (broad SMARTS) is 1. The number of hydrogen-bond donors (Lipinski definition) is 24. The standard InChI is InChI=1S/C93H141N25O22S2/c1-48(2)38-65-87(134)115-70(90(137)105-52(7)78(125)103-50(5)77(98)124)46-141-142-47-71(116-79(126)51(6)102-75(121)45-101-81(128)61(26-14-17-33-94)107-82(129)62(106-54(9)119)27-15-18-34-95)92(139)118-37-21-30-73(118)93(140)117-36-20-29-72(117)91(138)114-66(39-49(3)4)86(133)113-69(42-74(97)120)89(136)108-63(28-16-19-35-96)83(130)109-64(31-32-76(122)123)84(131)112-67(40-55-43-99-59-24-12-10-22-57(55)59)85(132)104-53(8)80(127)110-68(88(135)111-65)41-56-44-100-60-25-13-11-23-58(56)60/h10-13,22-25,43-44,48-53,61-73,99-100H,14-21,26-42,45-47,94-96H2,1-9H3,(H2,97,120)(H2,98,124)(H,101,128)(H,102,121)(H,103,125)(H,104,132)(H,105,137)(H,106,119)(H,107,129)(H,108,136)(H,109,130)(H,110,127)(H,111,135)(H,112,131)(H,113,133)(H,114,138)(H,115,134)(H,116,126)(H,122,123)/t50-,51-,52-,53-,61-,62-,63-,64-,65-,66-,67-,68-,69-,70-,71-,72-,73-/m1/s1. The third-order valence-corrected chi connectivity index (χ3v) is 26.6. The highest BCUT2D eigenvalue weighted by atomic mass is 33.1. The van der Waals surface area contributed by atoms with E-state index in [0.29, 0.717) is 65.2 Å². The number of unbranched alkanes of at least 4 members (excludes halogenated alkanes) is 3. The van der Waals surface area contributed by atoms with Gasteiger partial charge in [0.2, 0.25) is 118 Å². The van der Waals surface area contributed by atoms with Crippen LogP contribution in [0.1, 0.15) is 189 Å². The summed E-state index contributed by atoms with van der Waals surface area (Å²) in [5.41, 5.74) is 30.7. The number of carboxylic acids is 1. The molecule has 0 radical (unpaired) electrons. The van der Waals surface area contributed by atoms with Gasteiger partial charge in [-0.3, -0.25) is 101 Å². The van der Waals surface area contributed by atoms with E-state index in [1.165, 1.54) is 44.4 Å². The summed E-state index contributed by atoms with van der Waals surface area (Å²) >= 11 is 0. The molecule has 20 amide bonds. The SMILES string of the molecule is CC(=O)N[C@H](CCCCN)C(=O)N[C@H](CCCCN)C(=O)NCC(=O)N[C@H](C)C(=O)N[C@@H]1CSSC[C@H](C(=O)N[C@H](C)C(=O)N[C@H](C)C(N)=O)NC(=O)[C@@H](CC(C)C)NC(=O)[C@@H](Cc2c[nH]c3ccccc23)NC(=O)[C@@H](C)NC(=O)[C@@H](Cc2c[nH]c3ccccc23)NC(=O)[C@@H](CCC(=O)O)NC(=O)[C@@H](CCCCN)NC(=O)[C@@H](CC(N)=O)NC(=O)[C@@H](CC(C)C)NC(=O)[C@H]2CCCN2C(=O)[C@H]2CCCN2C1=O. The van der Waals surface area contributed by atoms with E-state index in [1.807, 2.05) is 0 Å². The lowest BCUT2D eigenvalue weighted by molar-refractivity contribution is -0.148. The van der Waals surface area contributed by atoms with Gasteiger partial charge in [-0.25, -0.2) is 0 Å². The highest BCUT2D eigenvalue weighted by molar-refractivity contribution is 8.76. The van der Waals surface area contributed by atoms with Crippen LogP contribution in [0, 0.1) is 11.8 Å². The topological polar surface area (TPSA) is 739 Å². The zero-order valence-corrected chi connectivity index (χ0v) is 83.3. The monoisotopic (exact) mass is 2020 g/mol. The van der Waals surface area contributed by atoms with Crippen LogP contribution < -0.4 is 114 Å². The molecule has 0 bridgehead atoms. The zero-order valence-electron chi connectivity index (χ0n) is 81.7. The molecule has 4 aromatic rings. The van der Waals surface area contributed by atoms with Crippen molar-refractivity contribution >= 4 is 168 Å².